The number of piperidine rings is 1. The Bertz CT molecular complexity index is 207. The predicted molar refractivity (Wildman–Crippen MR) is 59.5 cm³/mol. The monoisotopic (exact) mass is 217 g/mol. The first-order valence-corrected chi connectivity index (χ1v) is 5.96. The minimum Gasteiger partial charge on any atom is -0.340 e. The zero-order valence-corrected chi connectivity index (χ0v) is 10.0. The van der Waals surface area contributed by atoms with Crippen LogP contribution in [0.1, 0.15) is 33.6 Å². The highest BCUT2D eigenvalue weighted by molar-refractivity contribution is 6.19. The first kappa shape index (κ1) is 11.8. The summed E-state index contributed by atoms with van der Waals surface area (Å²) in [5, 5.41) is 0. The molecule has 1 amide bonds. The number of rotatable bonds is 2. The summed E-state index contributed by atoms with van der Waals surface area (Å²) in [7, 11) is 0. The summed E-state index contributed by atoms with van der Waals surface area (Å²) in [6.07, 6.45) is 2.26. The van der Waals surface area contributed by atoms with Crippen molar-refractivity contribution in [2.75, 3.05) is 12.4 Å². The number of hydrogen-bond acceptors (Lipinski definition) is 1. The average Bonchev–Trinajstić information content (AvgIpc) is 2.15. The summed E-state index contributed by atoms with van der Waals surface area (Å²) in [4.78, 5) is 13.9. The van der Waals surface area contributed by atoms with E-state index in [4.69, 9.17) is 11.6 Å². The Morgan fingerprint density at radius 2 is 2.21 bits per heavy atom. The minimum atomic E-state index is -0.0347. The molecule has 3 atom stereocenters. The number of hydrogen-bond donors (Lipinski definition) is 0. The lowest BCUT2D eigenvalue weighted by Crippen LogP contribution is -2.46. The Morgan fingerprint density at radius 1 is 1.57 bits per heavy atom. The second-order valence-electron chi connectivity index (χ2n) is 4.57. The van der Waals surface area contributed by atoms with Gasteiger partial charge in [0.1, 0.15) is 0 Å². The van der Waals surface area contributed by atoms with Gasteiger partial charge < -0.3 is 4.90 Å². The third-order valence-electron chi connectivity index (χ3n) is 3.07. The van der Waals surface area contributed by atoms with Gasteiger partial charge in [0.05, 0.1) is 0 Å². The molecule has 0 saturated carbocycles. The third-order valence-corrected chi connectivity index (χ3v) is 3.54. The van der Waals surface area contributed by atoms with Crippen molar-refractivity contribution in [1.82, 2.24) is 4.90 Å². The van der Waals surface area contributed by atoms with Gasteiger partial charge in [-0.05, 0) is 25.7 Å². The molecule has 14 heavy (non-hydrogen) atoms. The molecule has 0 aromatic carbocycles. The number of carbonyl (C=O) groups is 1. The number of halogens is 1. The van der Waals surface area contributed by atoms with E-state index >= 15 is 0 Å². The zero-order valence-electron chi connectivity index (χ0n) is 9.29. The molecule has 1 saturated heterocycles. The molecule has 1 fully saturated rings. The van der Waals surface area contributed by atoms with E-state index in [9.17, 15) is 4.79 Å². The first-order chi connectivity index (χ1) is 6.56. The SMILES string of the molecule is CC1CCN(C(=O)C(C)CCl)C(C)C1. The van der Waals surface area contributed by atoms with Crippen LogP contribution < -0.4 is 0 Å². The number of likely N-dealkylation sites (tertiary alicyclic amines) is 1. The van der Waals surface area contributed by atoms with Crippen LogP contribution in [0.3, 0.4) is 0 Å². The van der Waals surface area contributed by atoms with E-state index in [1.54, 1.807) is 0 Å². The lowest BCUT2D eigenvalue weighted by Gasteiger charge is -2.37. The quantitative estimate of drug-likeness (QED) is 0.651. The van der Waals surface area contributed by atoms with Crippen LogP contribution in [0.25, 0.3) is 0 Å². The van der Waals surface area contributed by atoms with Crippen molar-refractivity contribution in [2.45, 2.75) is 39.7 Å². The van der Waals surface area contributed by atoms with Crippen molar-refractivity contribution in [1.29, 1.82) is 0 Å². The van der Waals surface area contributed by atoms with Gasteiger partial charge >= 0.3 is 0 Å². The largest absolute Gasteiger partial charge is 0.340 e. The van der Waals surface area contributed by atoms with Crippen molar-refractivity contribution in [3.63, 3.8) is 0 Å². The van der Waals surface area contributed by atoms with E-state index in [0.29, 0.717) is 11.9 Å². The molecule has 0 bridgehead atoms. The van der Waals surface area contributed by atoms with Crippen LogP contribution in [0.5, 0.6) is 0 Å². The second-order valence-corrected chi connectivity index (χ2v) is 4.87. The Hall–Kier alpha value is -0.240. The van der Waals surface area contributed by atoms with Crippen molar-refractivity contribution >= 4 is 17.5 Å². The summed E-state index contributed by atoms with van der Waals surface area (Å²) in [5.41, 5.74) is 0. The van der Waals surface area contributed by atoms with Crippen molar-refractivity contribution in [3.05, 3.63) is 0 Å². The maximum absolute atomic E-state index is 11.9. The van der Waals surface area contributed by atoms with Crippen LogP contribution in [-0.2, 0) is 4.79 Å². The van der Waals surface area contributed by atoms with Crippen molar-refractivity contribution in [3.8, 4) is 0 Å². The zero-order chi connectivity index (χ0) is 10.7. The molecule has 1 aliphatic heterocycles. The highest BCUT2D eigenvalue weighted by atomic mass is 35.5. The second kappa shape index (κ2) is 5.01. The van der Waals surface area contributed by atoms with E-state index in [0.717, 1.165) is 25.3 Å². The van der Waals surface area contributed by atoms with E-state index in [2.05, 4.69) is 13.8 Å². The van der Waals surface area contributed by atoms with Gasteiger partial charge in [0, 0.05) is 24.4 Å². The van der Waals surface area contributed by atoms with Gasteiger partial charge in [-0.15, -0.1) is 11.6 Å². The number of carbonyl (C=O) groups excluding carboxylic acids is 1. The fraction of sp³-hybridized carbons (Fsp3) is 0.909. The van der Waals surface area contributed by atoms with Gasteiger partial charge in [-0.25, -0.2) is 0 Å². The fourth-order valence-corrected chi connectivity index (χ4v) is 2.22. The number of amides is 1. The molecule has 1 rings (SSSR count). The van der Waals surface area contributed by atoms with Crippen LogP contribution in [-0.4, -0.2) is 29.3 Å². The molecule has 0 radical (unpaired) electrons. The normalized spacial score (nSPS) is 30.1. The molecule has 2 nitrogen and oxygen atoms in total. The Labute approximate surface area is 91.6 Å². The molecule has 0 aromatic rings. The van der Waals surface area contributed by atoms with Crippen LogP contribution in [0.2, 0.25) is 0 Å². The Morgan fingerprint density at radius 3 is 2.71 bits per heavy atom. The lowest BCUT2D eigenvalue weighted by molar-refractivity contribution is -0.138. The predicted octanol–water partition coefficient (Wildman–Crippen LogP) is 2.51. The number of alkyl halides is 1. The molecular weight excluding hydrogens is 198 g/mol. The van der Waals surface area contributed by atoms with Gasteiger partial charge in [-0.1, -0.05) is 13.8 Å². The summed E-state index contributed by atoms with van der Waals surface area (Å²) in [6, 6.07) is 0.386. The summed E-state index contributed by atoms with van der Waals surface area (Å²) in [5.74, 6) is 1.37. The lowest BCUT2D eigenvalue weighted by atomic mass is 9.92. The molecule has 0 aliphatic carbocycles. The Kier molecular flexibility index (Phi) is 4.24. The molecule has 3 unspecified atom stereocenters. The van der Waals surface area contributed by atoms with Crippen LogP contribution in [0.4, 0.5) is 0 Å². The van der Waals surface area contributed by atoms with Crippen LogP contribution in [0, 0.1) is 11.8 Å². The summed E-state index contributed by atoms with van der Waals surface area (Å²) in [6.45, 7) is 7.19. The molecule has 0 aromatic heterocycles. The molecule has 0 spiro atoms. The highest BCUT2D eigenvalue weighted by Gasteiger charge is 2.28. The van der Waals surface area contributed by atoms with Crippen LogP contribution >= 0.6 is 11.6 Å². The summed E-state index contributed by atoms with van der Waals surface area (Å²) < 4.78 is 0. The molecule has 3 heteroatoms. The maximum atomic E-state index is 11.9. The van der Waals surface area contributed by atoms with E-state index in [1.165, 1.54) is 0 Å². The molecule has 82 valence electrons. The topological polar surface area (TPSA) is 20.3 Å². The van der Waals surface area contributed by atoms with Gasteiger partial charge in [-0.3, -0.25) is 4.79 Å². The average molecular weight is 218 g/mol. The van der Waals surface area contributed by atoms with E-state index < -0.39 is 0 Å². The van der Waals surface area contributed by atoms with E-state index in [-0.39, 0.29) is 11.8 Å². The molecular formula is C11H20ClNO. The standard InChI is InChI=1S/C11H20ClNO/c1-8-4-5-13(10(3)6-8)11(14)9(2)7-12/h8-10H,4-7H2,1-3H3. The van der Waals surface area contributed by atoms with Gasteiger partial charge in [0.2, 0.25) is 5.91 Å². The fourth-order valence-electron chi connectivity index (χ4n) is 2.08. The first-order valence-electron chi connectivity index (χ1n) is 5.42. The Balaban J connectivity index is 2.55. The van der Waals surface area contributed by atoms with Crippen molar-refractivity contribution < 1.29 is 4.79 Å². The van der Waals surface area contributed by atoms with Gasteiger partial charge in [0.15, 0.2) is 0 Å². The summed E-state index contributed by atoms with van der Waals surface area (Å²) >= 11 is 5.69. The van der Waals surface area contributed by atoms with E-state index in [1.807, 2.05) is 11.8 Å². The maximum Gasteiger partial charge on any atom is 0.226 e. The highest BCUT2D eigenvalue weighted by Crippen LogP contribution is 2.23. The van der Waals surface area contributed by atoms with Gasteiger partial charge in [0.25, 0.3) is 0 Å². The smallest absolute Gasteiger partial charge is 0.226 e. The third kappa shape index (κ3) is 2.63. The van der Waals surface area contributed by atoms with Crippen LogP contribution in [0.15, 0.2) is 0 Å². The molecule has 1 heterocycles. The molecule has 0 N–H and O–H groups in total. The van der Waals surface area contributed by atoms with Crippen molar-refractivity contribution in [2.24, 2.45) is 11.8 Å². The van der Waals surface area contributed by atoms with Gasteiger partial charge in [-0.2, -0.15) is 0 Å². The minimum absolute atomic E-state index is 0.0347. The molecule has 1 aliphatic rings. The number of nitrogens with zero attached hydrogens (tertiary/aromatic N) is 1.